The molecule has 0 saturated carbocycles. The lowest BCUT2D eigenvalue weighted by atomic mass is 9.77. The number of nitrogens with zero attached hydrogens (tertiary/aromatic N) is 5. The lowest BCUT2D eigenvalue weighted by molar-refractivity contribution is -0.141. The van der Waals surface area contributed by atoms with E-state index in [9.17, 15) is 13.2 Å². The van der Waals surface area contributed by atoms with E-state index in [2.05, 4.69) is 20.0 Å². The fraction of sp³-hybridized carbons (Fsp3) is 0.450. The van der Waals surface area contributed by atoms with Gasteiger partial charge < -0.3 is 4.74 Å². The summed E-state index contributed by atoms with van der Waals surface area (Å²) in [5, 5.41) is 5.05. The topological polar surface area (TPSA) is 56.1 Å². The Labute approximate surface area is 165 Å². The van der Waals surface area contributed by atoms with Crippen LogP contribution in [0.3, 0.4) is 0 Å². The second kappa shape index (κ2) is 6.77. The lowest BCUT2D eigenvalue weighted by Crippen LogP contribution is -2.50. The normalized spacial score (nSPS) is 19.6. The third-order valence-corrected chi connectivity index (χ3v) is 5.88. The minimum Gasteiger partial charge on any atom is -0.380 e. The predicted molar refractivity (Wildman–Crippen MR) is 99.4 cm³/mol. The first-order chi connectivity index (χ1) is 13.9. The molecule has 2 saturated heterocycles. The van der Waals surface area contributed by atoms with Crippen molar-refractivity contribution in [1.29, 1.82) is 0 Å². The number of piperidine rings is 1. The quantitative estimate of drug-likeness (QED) is 0.671. The van der Waals surface area contributed by atoms with Gasteiger partial charge in [0, 0.05) is 29.7 Å². The van der Waals surface area contributed by atoms with Crippen molar-refractivity contribution in [3.8, 4) is 5.69 Å². The number of rotatable bonds is 3. The Kier molecular flexibility index (Phi) is 4.32. The number of pyridine rings is 2. The van der Waals surface area contributed by atoms with Crippen molar-refractivity contribution in [2.45, 2.75) is 25.6 Å². The van der Waals surface area contributed by atoms with Crippen LogP contribution in [0.25, 0.3) is 16.7 Å². The van der Waals surface area contributed by atoms with Crippen LogP contribution in [-0.2, 0) is 17.5 Å². The molecule has 0 atom stereocenters. The van der Waals surface area contributed by atoms with E-state index in [0.717, 1.165) is 68.9 Å². The van der Waals surface area contributed by atoms with E-state index in [4.69, 9.17) is 4.74 Å². The van der Waals surface area contributed by atoms with Crippen molar-refractivity contribution < 1.29 is 17.9 Å². The van der Waals surface area contributed by atoms with Gasteiger partial charge in [0.2, 0.25) is 0 Å². The molecule has 5 rings (SSSR count). The van der Waals surface area contributed by atoms with Crippen LogP contribution >= 0.6 is 0 Å². The van der Waals surface area contributed by atoms with Crippen LogP contribution in [0, 0.1) is 5.41 Å². The molecule has 3 aromatic heterocycles. The highest BCUT2D eigenvalue weighted by Gasteiger charge is 2.41. The van der Waals surface area contributed by atoms with Crippen molar-refractivity contribution in [3.05, 3.63) is 48.0 Å². The zero-order chi connectivity index (χ0) is 20.1. The molecule has 0 aromatic carbocycles. The molecule has 152 valence electrons. The van der Waals surface area contributed by atoms with Gasteiger partial charge in [-0.1, -0.05) is 0 Å². The lowest BCUT2D eigenvalue weighted by Gasteiger charge is -2.47. The minimum absolute atomic E-state index is 0.284. The Morgan fingerprint density at radius 1 is 1.07 bits per heavy atom. The maximum Gasteiger partial charge on any atom is 0.433 e. The molecule has 3 aromatic rings. The molecule has 0 N–H and O–H groups in total. The molecule has 9 heteroatoms. The van der Waals surface area contributed by atoms with Crippen LogP contribution in [0.2, 0.25) is 0 Å². The summed E-state index contributed by atoms with van der Waals surface area (Å²) in [5.74, 6) is 0. The van der Waals surface area contributed by atoms with E-state index in [1.807, 2.05) is 6.07 Å². The van der Waals surface area contributed by atoms with Crippen LogP contribution in [0.1, 0.15) is 24.1 Å². The van der Waals surface area contributed by atoms with E-state index >= 15 is 0 Å². The number of hydrogen-bond acceptors (Lipinski definition) is 5. The number of alkyl halides is 3. The summed E-state index contributed by atoms with van der Waals surface area (Å²) in [6, 6.07) is 4.48. The Bertz CT molecular complexity index is 1030. The molecule has 29 heavy (non-hydrogen) atoms. The summed E-state index contributed by atoms with van der Waals surface area (Å²) >= 11 is 0. The van der Waals surface area contributed by atoms with Gasteiger partial charge in [-0.25, -0.2) is 9.67 Å². The molecule has 0 radical (unpaired) electrons. The van der Waals surface area contributed by atoms with Crippen molar-refractivity contribution in [1.82, 2.24) is 24.6 Å². The molecule has 2 aliphatic rings. The van der Waals surface area contributed by atoms with Gasteiger partial charge in [0.1, 0.15) is 5.69 Å². The fourth-order valence-corrected chi connectivity index (χ4v) is 4.07. The summed E-state index contributed by atoms with van der Waals surface area (Å²) in [6.45, 7) is 4.66. The van der Waals surface area contributed by atoms with Gasteiger partial charge in [-0.3, -0.25) is 9.88 Å². The average molecular weight is 403 g/mol. The third-order valence-electron chi connectivity index (χ3n) is 5.88. The van der Waals surface area contributed by atoms with Gasteiger partial charge in [0.05, 0.1) is 25.1 Å². The predicted octanol–water partition coefficient (Wildman–Crippen LogP) is 3.45. The molecule has 2 aliphatic heterocycles. The monoisotopic (exact) mass is 403 g/mol. The zero-order valence-electron chi connectivity index (χ0n) is 15.7. The first-order valence-corrected chi connectivity index (χ1v) is 9.58. The first-order valence-electron chi connectivity index (χ1n) is 9.58. The van der Waals surface area contributed by atoms with E-state index in [1.165, 1.54) is 10.7 Å². The molecule has 0 unspecified atom stereocenters. The van der Waals surface area contributed by atoms with Crippen molar-refractivity contribution in [2.75, 3.05) is 26.3 Å². The highest BCUT2D eigenvalue weighted by molar-refractivity contribution is 5.76. The standard InChI is InChI=1S/C20H20F3N5O/c21-20(22,23)17-8-16(1-4-24-17)28-18-15(10-26-28)7-14(9-25-18)11-27-5-2-19(3-6-27)12-29-13-19/h1,4,7-10H,2-3,5-6,11-13H2. The van der Waals surface area contributed by atoms with E-state index in [1.54, 1.807) is 12.4 Å². The molecule has 5 heterocycles. The second-order valence-corrected chi connectivity index (χ2v) is 7.98. The molecular formula is C20H20F3N5O. The Hall–Kier alpha value is -2.52. The van der Waals surface area contributed by atoms with Gasteiger partial charge in [-0.15, -0.1) is 0 Å². The fourth-order valence-electron chi connectivity index (χ4n) is 4.07. The van der Waals surface area contributed by atoms with Gasteiger partial charge in [-0.05, 0) is 49.7 Å². The van der Waals surface area contributed by atoms with Gasteiger partial charge >= 0.3 is 6.18 Å². The van der Waals surface area contributed by atoms with Crippen molar-refractivity contribution in [2.24, 2.45) is 5.41 Å². The maximum atomic E-state index is 13.0. The van der Waals surface area contributed by atoms with Crippen LogP contribution < -0.4 is 0 Å². The summed E-state index contributed by atoms with van der Waals surface area (Å²) in [7, 11) is 0. The SMILES string of the molecule is FC(F)(F)c1cc(-n2ncc3cc(CN4CCC5(CC4)COC5)cnc32)ccn1. The van der Waals surface area contributed by atoms with Crippen molar-refractivity contribution >= 4 is 11.0 Å². The number of hydrogen-bond donors (Lipinski definition) is 0. The number of halogens is 3. The smallest absolute Gasteiger partial charge is 0.380 e. The molecule has 0 amide bonds. The van der Waals surface area contributed by atoms with Gasteiger partial charge in [-0.2, -0.15) is 18.3 Å². The summed E-state index contributed by atoms with van der Waals surface area (Å²) < 4.78 is 45.7. The number of aromatic nitrogens is 4. The Morgan fingerprint density at radius 3 is 2.55 bits per heavy atom. The zero-order valence-corrected chi connectivity index (χ0v) is 15.7. The number of ether oxygens (including phenoxy) is 1. The van der Waals surface area contributed by atoms with Gasteiger partial charge in [0.25, 0.3) is 0 Å². The first kappa shape index (κ1) is 18.5. The second-order valence-electron chi connectivity index (χ2n) is 7.98. The largest absolute Gasteiger partial charge is 0.433 e. The van der Waals surface area contributed by atoms with Crippen LogP contribution in [0.4, 0.5) is 13.2 Å². The molecule has 2 fully saturated rings. The third kappa shape index (κ3) is 3.49. The molecular weight excluding hydrogens is 383 g/mol. The molecule has 0 aliphatic carbocycles. The summed E-state index contributed by atoms with van der Waals surface area (Å²) in [6.07, 6.45) is 2.36. The highest BCUT2D eigenvalue weighted by Crippen LogP contribution is 2.38. The van der Waals surface area contributed by atoms with Crippen molar-refractivity contribution in [3.63, 3.8) is 0 Å². The Balaban J connectivity index is 1.35. The van der Waals surface area contributed by atoms with E-state index < -0.39 is 11.9 Å². The average Bonchev–Trinajstić information content (AvgIpc) is 3.10. The summed E-state index contributed by atoms with van der Waals surface area (Å²) in [4.78, 5) is 10.3. The molecule has 1 spiro atoms. The molecule has 6 nitrogen and oxygen atoms in total. The van der Waals surface area contributed by atoms with E-state index in [0.29, 0.717) is 11.1 Å². The number of fused-ring (bicyclic) bond motifs is 1. The Morgan fingerprint density at radius 2 is 1.86 bits per heavy atom. The van der Waals surface area contributed by atoms with Crippen LogP contribution in [0.5, 0.6) is 0 Å². The summed E-state index contributed by atoms with van der Waals surface area (Å²) in [5.41, 5.74) is 1.34. The molecule has 0 bridgehead atoms. The van der Waals surface area contributed by atoms with Crippen LogP contribution in [-0.4, -0.2) is 51.0 Å². The van der Waals surface area contributed by atoms with E-state index in [-0.39, 0.29) is 5.69 Å². The highest BCUT2D eigenvalue weighted by atomic mass is 19.4. The number of likely N-dealkylation sites (tertiary alicyclic amines) is 1. The van der Waals surface area contributed by atoms with Gasteiger partial charge in [0.15, 0.2) is 5.65 Å². The minimum atomic E-state index is -4.50. The van der Waals surface area contributed by atoms with Crippen LogP contribution in [0.15, 0.2) is 36.8 Å². The maximum absolute atomic E-state index is 13.0.